The first-order chi connectivity index (χ1) is 17.0. The van der Waals surface area contributed by atoms with Gasteiger partial charge in [0.1, 0.15) is 5.75 Å². The fraction of sp³-hybridized carbons (Fsp3) is 0.385. The molecular formula is C26H28N4O5. The van der Waals surface area contributed by atoms with Gasteiger partial charge in [-0.1, -0.05) is 17.3 Å². The SMILES string of the molecule is COc1ccc(C(=O)C2CCN(C3CCN(CC(=O)Nc4noc5ccccc45)C3=O)CC2)cc1. The molecule has 5 rings (SSSR count). The van der Waals surface area contributed by atoms with Crippen LogP contribution in [0.15, 0.2) is 53.1 Å². The zero-order valence-corrected chi connectivity index (χ0v) is 19.6. The summed E-state index contributed by atoms with van der Waals surface area (Å²) in [6.45, 7) is 1.88. The number of rotatable bonds is 7. The highest BCUT2D eigenvalue weighted by Gasteiger charge is 2.39. The number of methoxy groups -OCH3 is 1. The molecule has 2 aromatic carbocycles. The van der Waals surface area contributed by atoms with E-state index in [2.05, 4.69) is 15.4 Å². The number of para-hydroxylation sites is 1. The standard InChI is InChI=1S/C26H28N4O5/c1-34-19-8-6-17(7-9-19)24(32)18-10-13-29(14-11-18)21-12-15-30(26(21)33)16-23(31)27-25-20-4-2-3-5-22(20)35-28-25/h2-9,18,21H,10-16H2,1H3,(H,27,28,31). The van der Waals surface area contributed by atoms with Gasteiger partial charge in [0.2, 0.25) is 11.8 Å². The van der Waals surface area contributed by atoms with Gasteiger partial charge in [0.15, 0.2) is 17.2 Å². The lowest BCUT2D eigenvalue weighted by molar-refractivity contribution is -0.135. The summed E-state index contributed by atoms with van der Waals surface area (Å²) in [6.07, 6.45) is 2.11. The maximum absolute atomic E-state index is 13.0. The number of benzene rings is 2. The summed E-state index contributed by atoms with van der Waals surface area (Å²) in [7, 11) is 1.60. The molecule has 182 valence electrons. The van der Waals surface area contributed by atoms with Crippen molar-refractivity contribution < 1.29 is 23.6 Å². The lowest BCUT2D eigenvalue weighted by Gasteiger charge is -2.34. The number of carbonyl (C=O) groups excluding carboxylic acids is 3. The summed E-state index contributed by atoms with van der Waals surface area (Å²) in [5, 5.41) is 7.39. The molecule has 0 saturated carbocycles. The van der Waals surface area contributed by atoms with Crippen LogP contribution >= 0.6 is 0 Å². The molecule has 0 radical (unpaired) electrons. The van der Waals surface area contributed by atoms with Gasteiger partial charge < -0.3 is 19.5 Å². The second-order valence-corrected chi connectivity index (χ2v) is 9.04. The molecule has 0 aliphatic carbocycles. The van der Waals surface area contributed by atoms with Gasteiger partial charge in [0.05, 0.1) is 25.1 Å². The van der Waals surface area contributed by atoms with Crippen molar-refractivity contribution in [2.75, 3.05) is 38.6 Å². The Kier molecular flexibility index (Phi) is 6.50. The summed E-state index contributed by atoms with van der Waals surface area (Å²) in [6, 6.07) is 14.2. The minimum absolute atomic E-state index is 0.0249. The number of fused-ring (bicyclic) bond motifs is 1. The lowest BCUT2D eigenvalue weighted by Crippen LogP contribution is -2.47. The molecule has 2 saturated heterocycles. The van der Waals surface area contributed by atoms with Crippen LogP contribution in [0, 0.1) is 5.92 Å². The largest absolute Gasteiger partial charge is 0.497 e. The monoisotopic (exact) mass is 476 g/mol. The Morgan fingerprint density at radius 3 is 2.54 bits per heavy atom. The van der Waals surface area contributed by atoms with Crippen molar-refractivity contribution >= 4 is 34.4 Å². The molecule has 3 heterocycles. The number of nitrogens with one attached hydrogen (secondary N) is 1. The first-order valence-corrected chi connectivity index (χ1v) is 11.9. The average Bonchev–Trinajstić information content (AvgIpc) is 3.47. The van der Waals surface area contributed by atoms with E-state index in [4.69, 9.17) is 9.26 Å². The zero-order chi connectivity index (χ0) is 24.4. The van der Waals surface area contributed by atoms with Crippen LogP contribution in [-0.2, 0) is 9.59 Å². The number of carbonyl (C=O) groups is 3. The summed E-state index contributed by atoms with van der Waals surface area (Å²) in [5.74, 6) is 0.840. The summed E-state index contributed by atoms with van der Waals surface area (Å²) >= 11 is 0. The third-order valence-electron chi connectivity index (χ3n) is 6.95. The van der Waals surface area contributed by atoms with Crippen molar-refractivity contribution in [3.8, 4) is 5.75 Å². The number of ketones is 1. The molecule has 2 fully saturated rings. The number of anilines is 1. The molecular weight excluding hydrogens is 448 g/mol. The topological polar surface area (TPSA) is 105 Å². The van der Waals surface area contributed by atoms with E-state index in [9.17, 15) is 14.4 Å². The van der Waals surface area contributed by atoms with E-state index in [1.54, 1.807) is 42.3 Å². The van der Waals surface area contributed by atoms with Gasteiger partial charge in [-0.2, -0.15) is 0 Å². The molecule has 1 atom stereocenters. The van der Waals surface area contributed by atoms with Crippen molar-refractivity contribution in [3.05, 3.63) is 54.1 Å². The van der Waals surface area contributed by atoms with E-state index in [1.165, 1.54) is 0 Å². The molecule has 2 amide bonds. The third-order valence-corrected chi connectivity index (χ3v) is 6.95. The smallest absolute Gasteiger partial charge is 0.245 e. The maximum atomic E-state index is 13.0. The van der Waals surface area contributed by atoms with Crippen LogP contribution < -0.4 is 10.1 Å². The van der Waals surface area contributed by atoms with Gasteiger partial charge in [0.25, 0.3) is 0 Å². The number of aromatic nitrogens is 1. The van der Waals surface area contributed by atoms with Crippen molar-refractivity contribution in [2.45, 2.75) is 25.3 Å². The van der Waals surface area contributed by atoms with Gasteiger partial charge in [-0.15, -0.1) is 0 Å². The average molecular weight is 477 g/mol. The van der Waals surface area contributed by atoms with Crippen LogP contribution in [0.5, 0.6) is 5.75 Å². The second-order valence-electron chi connectivity index (χ2n) is 9.04. The molecule has 9 heteroatoms. The molecule has 9 nitrogen and oxygen atoms in total. The summed E-state index contributed by atoms with van der Waals surface area (Å²) < 4.78 is 10.4. The first-order valence-electron chi connectivity index (χ1n) is 11.9. The van der Waals surface area contributed by atoms with Gasteiger partial charge in [-0.3, -0.25) is 19.3 Å². The maximum Gasteiger partial charge on any atom is 0.245 e. The Hall–Kier alpha value is -3.72. The predicted molar refractivity (Wildman–Crippen MR) is 129 cm³/mol. The molecule has 1 aromatic heterocycles. The van der Waals surface area contributed by atoms with Crippen LogP contribution in [0.3, 0.4) is 0 Å². The van der Waals surface area contributed by atoms with Crippen molar-refractivity contribution in [2.24, 2.45) is 5.92 Å². The Morgan fingerprint density at radius 2 is 1.80 bits per heavy atom. The molecule has 35 heavy (non-hydrogen) atoms. The molecule has 1 N–H and O–H groups in total. The Balaban J connectivity index is 1.13. The molecule has 0 bridgehead atoms. The normalized spacial score (nSPS) is 19.3. The van der Waals surface area contributed by atoms with Crippen molar-refractivity contribution in [3.63, 3.8) is 0 Å². The lowest BCUT2D eigenvalue weighted by atomic mass is 9.88. The van der Waals surface area contributed by atoms with E-state index >= 15 is 0 Å². The van der Waals surface area contributed by atoms with Gasteiger partial charge in [-0.25, -0.2) is 0 Å². The molecule has 3 aromatic rings. The number of Topliss-reactive ketones (excluding diaryl/α,β-unsaturated/α-hetero) is 1. The number of nitrogens with zero attached hydrogens (tertiary/aromatic N) is 3. The number of ether oxygens (including phenoxy) is 1. The second kappa shape index (κ2) is 9.87. The highest BCUT2D eigenvalue weighted by Crippen LogP contribution is 2.27. The van der Waals surface area contributed by atoms with Gasteiger partial charge in [-0.05, 0) is 68.8 Å². The van der Waals surface area contributed by atoms with E-state index in [-0.39, 0.29) is 36.1 Å². The number of hydrogen-bond donors (Lipinski definition) is 1. The number of amides is 2. The van der Waals surface area contributed by atoms with E-state index < -0.39 is 0 Å². The van der Waals surface area contributed by atoms with Gasteiger partial charge in [0, 0.05) is 18.0 Å². The third kappa shape index (κ3) is 4.77. The minimum Gasteiger partial charge on any atom is -0.497 e. The molecule has 2 aliphatic rings. The van der Waals surface area contributed by atoms with E-state index in [0.717, 1.165) is 11.1 Å². The first kappa shape index (κ1) is 23.0. The highest BCUT2D eigenvalue weighted by molar-refractivity contribution is 6.01. The van der Waals surface area contributed by atoms with Crippen LogP contribution in [0.2, 0.25) is 0 Å². The minimum atomic E-state index is -0.304. The van der Waals surface area contributed by atoms with Crippen molar-refractivity contribution in [1.82, 2.24) is 15.0 Å². The molecule has 0 spiro atoms. The summed E-state index contributed by atoms with van der Waals surface area (Å²) in [4.78, 5) is 42.3. The van der Waals surface area contributed by atoms with Crippen LogP contribution in [0.1, 0.15) is 29.6 Å². The van der Waals surface area contributed by atoms with Crippen LogP contribution in [-0.4, -0.2) is 71.9 Å². The van der Waals surface area contributed by atoms with E-state index in [1.807, 2.05) is 18.2 Å². The van der Waals surface area contributed by atoms with Crippen LogP contribution in [0.4, 0.5) is 5.82 Å². The fourth-order valence-electron chi connectivity index (χ4n) is 5.00. The Morgan fingerprint density at radius 1 is 1.06 bits per heavy atom. The molecule has 2 aliphatic heterocycles. The highest BCUT2D eigenvalue weighted by atomic mass is 16.5. The number of piperidine rings is 1. The molecule has 1 unspecified atom stereocenters. The van der Waals surface area contributed by atoms with E-state index in [0.29, 0.717) is 55.9 Å². The zero-order valence-electron chi connectivity index (χ0n) is 19.6. The summed E-state index contributed by atoms with van der Waals surface area (Å²) in [5.41, 5.74) is 1.28. The Labute approximate surface area is 203 Å². The number of hydrogen-bond acceptors (Lipinski definition) is 7. The quantitative estimate of drug-likeness (QED) is 0.523. The van der Waals surface area contributed by atoms with Gasteiger partial charge >= 0.3 is 0 Å². The number of likely N-dealkylation sites (tertiary alicyclic amines) is 2. The van der Waals surface area contributed by atoms with Crippen molar-refractivity contribution in [1.29, 1.82) is 0 Å². The van der Waals surface area contributed by atoms with Crippen LogP contribution in [0.25, 0.3) is 11.0 Å². The predicted octanol–water partition coefficient (Wildman–Crippen LogP) is 2.97. The fourth-order valence-corrected chi connectivity index (χ4v) is 5.00. The Bertz CT molecular complexity index is 1230.